The first kappa shape index (κ1) is 11.8. The molecule has 1 rings (SSSR count). The van der Waals surface area contributed by atoms with Crippen molar-refractivity contribution in [3.05, 3.63) is 11.6 Å². The number of rotatable bonds is 4. The summed E-state index contributed by atoms with van der Waals surface area (Å²) in [6.45, 7) is 3.48. The van der Waals surface area contributed by atoms with Gasteiger partial charge in [0.05, 0.1) is 0 Å². The molecule has 0 saturated carbocycles. The van der Waals surface area contributed by atoms with Gasteiger partial charge < -0.3 is 10.0 Å². The first-order valence-electron chi connectivity index (χ1n) is 5.25. The van der Waals surface area contributed by atoms with Crippen LogP contribution in [0.15, 0.2) is 11.6 Å². The van der Waals surface area contributed by atoms with E-state index in [0.717, 1.165) is 13.0 Å². The van der Waals surface area contributed by atoms with Gasteiger partial charge in [-0.25, -0.2) is 0 Å². The number of nitrogens with zero attached hydrogens (tertiary/aromatic N) is 1. The average molecular weight is 211 g/mol. The molecule has 0 aromatic heterocycles. The van der Waals surface area contributed by atoms with Gasteiger partial charge in [-0.15, -0.1) is 0 Å². The highest BCUT2D eigenvalue weighted by Gasteiger charge is 2.15. The lowest BCUT2D eigenvalue weighted by Gasteiger charge is -2.26. The van der Waals surface area contributed by atoms with Crippen LogP contribution < -0.4 is 0 Å². The van der Waals surface area contributed by atoms with Crippen molar-refractivity contribution < 1.29 is 14.7 Å². The molecule has 4 heteroatoms. The van der Waals surface area contributed by atoms with Crippen LogP contribution in [0.25, 0.3) is 0 Å². The topological polar surface area (TPSA) is 57.6 Å². The molecule has 0 unspecified atom stereocenters. The lowest BCUT2D eigenvalue weighted by Crippen LogP contribution is -2.35. The number of amides is 1. The third-order valence-electron chi connectivity index (χ3n) is 2.47. The lowest BCUT2D eigenvalue weighted by atomic mass is 10.1. The predicted molar refractivity (Wildman–Crippen MR) is 56.4 cm³/mol. The van der Waals surface area contributed by atoms with E-state index in [0.29, 0.717) is 19.4 Å². The Morgan fingerprint density at radius 1 is 1.47 bits per heavy atom. The molecule has 1 aliphatic rings. The van der Waals surface area contributed by atoms with Crippen LogP contribution >= 0.6 is 0 Å². The van der Waals surface area contributed by atoms with Crippen LogP contribution in [0, 0.1) is 0 Å². The molecule has 0 aromatic rings. The maximum absolute atomic E-state index is 11.6. The molecule has 84 valence electrons. The van der Waals surface area contributed by atoms with Gasteiger partial charge in [0.15, 0.2) is 0 Å². The van der Waals surface area contributed by atoms with Gasteiger partial charge in [0, 0.05) is 25.9 Å². The summed E-state index contributed by atoms with van der Waals surface area (Å²) in [5.41, 5.74) is 1.22. The number of carboxylic acids is 1. The van der Waals surface area contributed by atoms with E-state index in [-0.39, 0.29) is 12.3 Å². The van der Waals surface area contributed by atoms with E-state index in [2.05, 4.69) is 6.08 Å². The summed E-state index contributed by atoms with van der Waals surface area (Å²) >= 11 is 0. The van der Waals surface area contributed by atoms with E-state index in [4.69, 9.17) is 5.11 Å². The van der Waals surface area contributed by atoms with E-state index in [1.165, 1.54) is 5.57 Å². The second-order valence-corrected chi connectivity index (χ2v) is 3.90. The molecule has 0 atom stereocenters. The zero-order valence-electron chi connectivity index (χ0n) is 9.03. The molecule has 1 amide bonds. The summed E-state index contributed by atoms with van der Waals surface area (Å²) in [6.07, 6.45) is 3.92. The fourth-order valence-corrected chi connectivity index (χ4v) is 1.67. The van der Waals surface area contributed by atoms with Gasteiger partial charge in [-0.2, -0.15) is 0 Å². The summed E-state index contributed by atoms with van der Waals surface area (Å²) in [6, 6.07) is 0. The van der Waals surface area contributed by atoms with Crippen molar-refractivity contribution >= 4 is 11.9 Å². The van der Waals surface area contributed by atoms with Gasteiger partial charge in [0.25, 0.3) is 0 Å². The average Bonchev–Trinajstić information content (AvgIpc) is 2.17. The standard InChI is InChI=1S/C11H17NO3/c1-9-4-3-7-12(8-9)10(13)5-2-6-11(14)15/h4H,2-3,5-8H2,1H3,(H,14,15). The normalized spacial score (nSPS) is 16.1. The molecule has 0 bridgehead atoms. The largest absolute Gasteiger partial charge is 0.481 e. The van der Waals surface area contributed by atoms with Crippen LogP contribution in [0.5, 0.6) is 0 Å². The quantitative estimate of drug-likeness (QED) is 0.715. The third kappa shape index (κ3) is 4.14. The van der Waals surface area contributed by atoms with Gasteiger partial charge in [0.1, 0.15) is 0 Å². The third-order valence-corrected chi connectivity index (χ3v) is 2.47. The maximum Gasteiger partial charge on any atom is 0.303 e. The highest BCUT2D eigenvalue weighted by molar-refractivity contribution is 5.77. The van der Waals surface area contributed by atoms with Crippen molar-refractivity contribution in [2.24, 2.45) is 0 Å². The van der Waals surface area contributed by atoms with Crippen LogP contribution in [0.3, 0.4) is 0 Å². The number of carboxylic acid groups (broad SMARTS) is 1. The molecule has 4 nitrogen and oxygen atoms in total. The molecule has 0 saturated heterocycles. The lowest BCUT2D eigenvalue weighted by molar-refractivity contribution is -0.137. The summed E-state index contributed by atoms with van der Waals surface area (Å²) in [5.74, 6) is -0.763. The first-order valence-corrected chi connectivity index (χ1v) is 5.25. The Bertz CT molecular complexity index is 284. The first-order chi connectivity index (χ1) is 7.09. The molecule has 0 radical (unpaired) electrons. The molecule has 0 spiro atoms. The molecule has 0 aliphatic carbocycles. The van der Waals surface area contributed by atoms with Crippen molar-refractivity contribution in [1.29, 1.82) is 0 Å². The molecule has 0 aromatic carbocycles. The molecule has 0 fully saturated rings. The van der Waals surface area contributed by atoms with E-state index < -0.39 is 5.97 Å². The Labute approximate surface area is 89.6 Å². The molecular formula is C11H17NO3. The van der Waals surface area contributed by atoms with Crippen LogP contribution in [0.2, 0.25) is 0 Å². The van der Waals surface area contributed by atoms with Gasteiger partial charge in [-0.3, -0.25) is 9.59 Å². The molecular weight excluding hydrogens is 194 g/mol. The van der Waals surface area contributed by atoms with E-state index >= 15 is 0 Å². The zero-order valence-corrected chi connectivity index (χ0v) is 9.03. The SMILES string of the molecule is CC1=CCCN(C(=O)CCCC(=O)O)C1. The summed E-state index contributed by atoms with van der Waals surface area (Å²) < 4.78 is 0. The van der Waals surface area contributed by atoms with Crippen LogP contribution in [-0.2, 0) is 9.59 Å². The van der Waals surface area contributed by atoms with E-state index in [1.54, 1.807) is 4.90 Å². The van der Waals surface area contributed by atoms with Gasteiger partial charge >= 0.3 is 5.97 Å². The monoisotopic (exact) mass is 211 g/mol. The summed E-state index contributed by atoms with van der Waals surface area (Å²) in [4.78, 5) is 23.7. The van der Waals surface area contributed by atoms with Crippen molar-refractivity contribution in [3.63, 3.8) is 0 Å². The van der Waals surface area contributed by atoms with E-state index in [9.17, 15) is 9.59 Å². The molecule has 1 heterocycles. The number of aliphatic carboxylic acids is 1. The minimum absolute atomic E-state index is 0.0729. The predicted octanol–water partition coefficient (Wildman–Crippen LogP) is 1.42. The Morgan fingerprint density at radius 2 is 2.20 bits per heavy atom. The fourth-order valence-electron chi connectivity index (χ4n) is 1.67. The van der Waals surface area contributed by atoms with Gasteiger partial charge in [-0.05, 0) is 19.8 Å². The van der Waals surface area contributed by atoms with Crippen LogP contribution in [0.1, 0.15) is 32.6 Å². The van der Waals surface area contributed by atoms with Crippen molar-refractivity contribution in [3.8, 4) is 0 Å². The smallest absolute Gasteiger partial charge is 0.303 e. The summed E-state index contributed by atoms with van der Waals surface area (Å²) in [5, 5.41) is 8.44. The number of carbonyl (C=O) groups excluding carboxylic acids is 1. The van der Waals surface area contributed by atoms with Crippen molar-refractivity contribution in [2.45, 2.75) is 32.6 Å². The van der Waals surface area contributed by atoms with Gasteiger partial charge in [0.2, 0.25) is 5.91 Å². The van der Waals surface area contributed by atoms with E-state index in [1.807, 2.05) is 6.92 Å². The minimum atomic E-state index is -0.836. The highest BCUT2D eigenvalue weighted by Crippen LogP contribution is 2.11. The minimum Gasteiger partial charge on any atom is -0.481 e. The van der Waals surface area contributed by atoms with Crippen LogP contribution in [0.4, 0.5) is 0 Å². The number of carbonyl (C=O) groups is 2. The Kier molecular flexibility index (Phi) is 4.34. The van der Waals surface area contributed by atoms with Crippen molar-refractivity contribution in [1.82, 2.24) is 4.90 Å². The number of hydrogen-bond acceptors (Lipinski definition) is 2. The molecule has 15 heavy (non-hydrogen) atoms. The van der Waals surface area contributed by atoms with Crippen LogP contribution in [-0.4, -0.2) is 35.0 Å². The van der Waals surface area contributed by atoms with Crippen molar-refractivity contribution in [2.75, 3.05) is 13.1 Å². The highest BCUT2D eigenvalue weighted by atomic mass is 16.4. The Morgan fingerprint density at radius 3 is 2.80 bits per heavy atom. The summed E-state index contributed by atoms with van der Waals surface area (Å²) in [7, 11) is 0. The fraction of sp³-hybridized carbons (Fsp3) is 0.636. The Hall–Kier alpha value is -1.32. The maximum atomic E-state index is 11.6. The Balaban J connectivity index is 2.28. The van der Waals surface area contributed by atoms with Gasteiger partial charge in [-0.1, -0.05) is 11.6 Å². The molecule has 1 N–H and O–H groups in total. The second-order valence-electron chi connectivity index (χ2n) is 3.90. The zero-order chi connectivity index (χ0) is 11.3. The molecule has 1 aliphatic heterocycles. The second kappa shape index (κ2) is 5.53. The number of hydrogen-bond donors (Lipinski definition) is 1.